The van der Waals surface area contributed by atoms with Gasteiger partial charge in [-0.3, -0.25) is 4.98 Å². The lowest BCUT2D eigenvalue weighted by Crippen LogP contribution is -1.84. The Morgan fingerprint density at radius 1 is 1.00 bits per heavy atom. The third-order valence-corrected chi connectivity index (χ3v) is 3.32. The van der Waals surface area contributed by atoms with E-state index < -0.39 is 0 Å². The number of H-pyrrole nitrogens is 1. The van der Waals surface area contributed by atoms with Gasteiger partial charge < -0.3 is 10.2 Å². The molecule has 1 rings (SSSR count). The fourth-order valence-electron chi connectivity index (χ4n) is 2.15. The van der Waals surface area contributed by atoms with Gasteiger partial charge in [0.25, 0.3) is 0 Å². The molecule has 3 heteroatoms. The largest absolute Gasteiger partial charge is 0.495 e. The zero-order valence-corrected chi connectivity index (χ0v) is 12.0. The summed E-state index contributed by atoms with van der Waals surface area (Å²) in [4.78, 5) is 2.50. The Kier molecular flexibility index (Phi) is 7.87. The van der Waals surface area contributed by atoms with E-state index in [0.29, 0.717) is 0 Å². The second-order valence-corrected chi connectivity index (χ2v) is 5.09. The minimum absolute atomic E-state index is 0.0460. The predicted octanol–water partition coefficient (Wildman–Crippen LogP) is 4.67. The lowest BCUT2D eigenvalue weighted by molar-refractivity contribution is 0.422. The van der Waals surface area contributed by atoms with Crippen molar-refractivity contribution in [1.29, 1.82) is 0 Å². The van der Waals surface area contributed by atoms with Gasteiger partial charge in [0.2, 0.25) is 0 Å². The molecule has 0 aromatic carbocycles. The molecule has 0 aliphatic carbocycles. The van der Waals surface area contributed by atoms with E-state index in [2.05, 4.69) is 24.1 Å². The van der Waals surface area contributed by atoms with Gasteiger partial charge in [-0.15, -0.1) is 0 Å². The summed E-state index contributed by atoms with van der Waals surface area (Å²) in [6, 6.07) is 1.60. The first kappa shape index (κ1) is 15.7. The first-order chi connectivity index (χ1) is 9.24. The highest BCUT2D eigenvalue weighted by Gasteiger charge is 2.05. The lowest BCUT2D eigenvalue weighted by atomic mass is 10.1. The summed E-state index contributed by atoms with van der Waals surface area (Å²) < 4.78 is 0. The van der Waals surface area contributed by atoms with Crippen molar-refractivity contribution in [2.24, 2.45) is 0 Å². The fraction of sp³-hybridized carbons (Fsp3) is 0.625. The van der Waals surface area contributed by atoms with Gasteiger partial charge in [0.05, 0.1) is 0 Å². The molecule has 1 heterocycles. The molecule has 19 heavy (non-hydrogen) atoms. The van der Waals surface area contributed by atoms with E-state index in [1.54, 1.807) is 6.07 Å². The molecule has 1 aromatic rings. The number of rotatable bonds is 10. The number of allylic oxidation sites excluding steroid dienone is 2. The van der Waals surface area contributed by atoms with Crippen molar-refractivity contribution in [2.45, 2.75) is 64.7 Å². The number of aromatic amines is 1. The van der Waals surface area contributed by atoms with E-state index in [0.717, 1.165) is 18.4 Å². The summed E-state index contributed by atoms with van der Waals surface area (Å²) in [5.74, 6) is 0.154. The summed E-state index contributed by atoms with van der Waals surface area (Å²) in [6.07, 6.45) is 15.1. The Morgan fingerprint density at radius 2 is 1.68 bits per heavy atom. The number of aromatic nitrogens is 1. The van der Waals surface area contributed by atoms with Crippen LogP contribution in [0.4, 0.5) is 0 Å². The maximum absolute atomic E-state index is 9.45. The van der Waals surface area contributed by atoms with Gasteiger partial charge in [0.15, 0.2) is 11.8 Å². The van der Waals surface area contributed by atoms with Gasteiger partial charge in [-0.2, -0.15) is 0 Å². The van der Waals surface area contributed by atoms with Crippen molar-refractivity contribution >= 4 is 0 Å². The second kappa shape index (κ2) is 9.54. The van der Waals surface area contributed by atoms with Gasteiger partial charge in [0, 0.05) is 11.6 Å². The van der Waals surface area contributed by atoms with Gasteiger partial charge in [-0.05, 0) is 32.1 Å². The molecule has 0 atom stereocenters. The summed E-state index contributed by atoms with van der Waals surface area (Å²) in [7, 11) is 0. The van der Waals surface area contributed by atoms with Gasteiger partial charge in [-0.25, -0.2) is 0 Å². The number of unbranched alkanes of at least 4 members (excludes halogenated alkanes) is 6. The Labute approximate surface area is 116 Å². The average molecular weight is 265 g/mol. The van der Waals surface area contributed by atoms with E-state index in [1.165, 1.54) is 44.9 Å². The number of hydrogen-bond donors (Lipinski definition) is 3. The highest BCUT2D eigenvalue weighted by molar-refractivity contribution is 5.32. The maximum Gasteiger partial charge on any atom is 0.194 e. The van der Waals surface area contributed by atoms with Crippen LogP contribution >= 0.6 is 0 Å². The minimum Gasteiger partial charge on any atom is -0.495 e. The van der Waals surface area contributed by atoms with Gasteiger partial charge in [0.1, 0.15) is 0 Å². The third-order valence-electron chi connectivity index (χ3n) is 3.32. The molecule has 0 fully saturated rings. The van der Waals surface area contributed by atoms with Crippen LogP contribution in [0.2, 0.25) is 0 Å². The molecule has 3 nitrogen and oxygen atoms in total. The molecule has 3 N–H and O–H groups in total. The first-order valence-electron chi connectivity index (χ1n) is 7.49. The van der Waals surface area contributed by atoms with Crippen molar-refractivity contribution in [3.05, 3.63) is 23.8 Å². The number of nitrogens with one attached hydrogen (secondary N) is 1. The van der Waals surface area contributed by atoms with Crippen LogP contribution in [0.3, 0.4) is 0 Å². The lowest BCUT2D eigenvalue weighted by Gasteiger charge is -1.99. The van der Waals surface area contributed by atoms with Crippen molar-refractivity contribution in [3.8, 4) is 11.8 Å². The molecule has 0 aliphatic rings. The Balaban J connectivity index is 1.97. The van der Waals surface area contributed by atoms with Gasteiger partial charge in [-0.1, -0.05) is 44.8 Å². The average Bonchev–Trinajstić information content (AvgIpc) is 2.70. The molecule has 0 aliphatic heterocycles. The Morgan fingerprint density at radius 3 is 2.32 bits per heavy atom. The normalized spacial score (nSPS) is 11.4. The molecule has 1 aromatic heterocycles. The van der Waals surface area contributed by atoms with Crippen LogP contribution in [0.25, 0.3) is 0 Å². The molecule has 0 saturated heterocycles. The van der Waals surface area contributed by atoms with Crippen molar-refractivity contribution in [2.75, 3.05) is 0 Å². The third kappa shape index (κ3) is 6.94. The van der Waals surface area contributed by atoms with Gasteiger partial charge >= 0.3 is 0 Å². The van der Waals surface area contributed by atoms with Crippen molar-refractivity contribution in [1.82, 2.24) is 4.98 Å². The predicted molar refractivity (Wildman–Crippen MR) is 79.6 cm³/mol. The van der Waals surface area contributed by atoms with E-state index in [9.17, 15) is 10.2 Å². The zero-order valence-electron chi connectivity index (χ0n) is 12.0. The highest BCUT2D eigenvalue weighted by atomic mass is 16.3. The van der Waals surface area contributed by atoms with Crippen LogP contribution in [0.1, 0.15) is 63.9 Å². The quantitative estimate of drug-likeness (QED) is 0.425. The summed E-state index contributed by atoms with van der Waals surface area (Å²) in [5.41, 5.74) is 0.817. The number of hydrogen-bond acceptors (Lipinski definition) is 2. The molecule has 0 radical (unpaired) electrons. The molecule has 108 valence electrons. The molecular formula is C16H27NO2. The first-order valence-corrected chi connectivity index (χ1v) is 7.49. The molecule has 0 amide bonds. The van der Waals surface area contributed by atoms with Crippen LogP contribution in [0.5, 0.6) is 11.8 Å². The van der Waals surface area contributed by atoms with E-state index in [4.69, 9.17) is 0 Å². The van der Waals surface area contributed by atoms with Crippen molar-refractivity contribution < 1.29 is 10.2 Å². The molecule has 0 bridgehead atoms. The number of aromatic hydroxyl groups is 2. The van der Waals surface area contributed by atoms with Crippen molar-refractivity contribution in [3.63, 3.8) is 0 Å². The molecule has 0 spiro atoms. The molecular weight excluding hydrogens is 238 g/mol. The summed E-state index contributed by atoms with van der Waals surface area (Å²) in [5, 5.41) is 18.6. The Hall–Kier alpha value is -1.38. The second-order valence-electron chi connectivity index (χ2n) is 5.09. The smallest absolute Gasteiger partial charge is 0.194 e. The topological polar surface area (TPSA) is 56.2 Å². The minimum atomic E-state index is 0.0460. The Bertz CT molecular complexity index is 369. The van der Waals surface area contributed by atoms with Crippen LogP contribution < -0.4 is 0 Å². The standard InChI is InChI=1S/C16H27NO2/c1-2-3-4-5-6-7-8-9-10-11-12-14-13-15(18)17-16(14)19/h5-6,13,17-19H,2-4,7-12H2,1H3. The summed E-state index contributed by atoms with van der Waals surface area (Å²) >= 11 is 0. The fourth-order valence-corrected chi connectivity index (χ4v) is 2.15. The molecule has 0 saturated carbocycles. The molecule has 0 unspecified atom stereocenters. The van der Waals surface area contributed by atoms with E-state index >= 15 is 0 Å². The van der Waals surface area contributed by atoms with Crippen LogP contribution in [0, 0.1) is 0 Å². The zero-order chi connectivity index (χ0) is 13.9. The monoisotopic (exact) mass is 265 g/mol. The SMILES string of the molecule is CCCCC=CCCCCCCc1cc(O)[nH]c1O. The van der Waals surface area contributed by atoms with E-state index in [1.807, 2.05) is 0 Å². The summed E-state index contributed by atoms with van der Waals surface area (Å²) in [6.45, 7) is 2.22. The highest BCUT2D eigenvalue weighted by Crippen LogP contribution is 2.23. The van der Waals surface area contributed by atoms with Crippen LogP contribution in [-0.2, 0) is 6.42 Å². The maximum atomic E-state index is 9.45. The van der Waals surface area contributed by atoms with Crippen LogP contribution in [-0.4, -0.2) is 15.2 Å². The van der Waals surface area contributed by atoms with E-state index in [-0.39, 0.29) is 11.8 Å². The number of aryl methyl sites for hydroxylation is 1. The van der Waals surface area contributed by atoms with Crippen LogP contribution in [0.15, 0.2) is 18.2 Å².